The molecule has 0 fully saturated rings. The largest absolute Gasteiger partial charge is 0.310 e. The first-order valence-corrected chi connectivity index (χ1v) is 20.5. The molecule has 1 nitrogen and oxygen atoms in total. The van der Waals surface area contributed by atoms with E-state index in [1.807, 2.05) is 0 Å². The Labute approximate surface area is 346 Å². The van der Waals surface area contributed by atoms with Crippen molar-refractivity contribution in [2.75, 3.05) is 4.90 Å². The van der Waals surface area contributed by atoms with Gasteiger partial charge < -0.3 is 4.90 Å². The molecule has 0 saturated carbocycles. The summed E-state index contributed by atoms with van der Waals surface area (Å²) in [6, 6.07) is 84.5. The fraction of sp³-hybridized carbons (Fsp3) is 0.0345. The van der Waals surface area contributed by atoms with Gasteiger partial charge in [0.15, 0.2) is 0 Å². The first-order valence-electron chi connectivity index (χ1n) is 20.5. The van der Waals surface area contributed by atoms with Crippen molar-refractivity contribution in [3.8, 4) is 44.5 Å². The van der Waals surface area contributed by atoms with Crippen LogP contribution in [0.1, 0.15) is 23.6 Å². The number of anilines is 3. The first-order chi connectivity index (χ1) is 29.1. The monoisotopic (exact) mass is 751 g/mol. The van der Waals surface area contributed by atoms with Gasteiger partial charge in [-0.25, -0.2) is 0 Å². The van der Waals surface area contributed by atoms with Crippen molar-refractivity contribution >= 4 is 38.6 Å². The van der Waals surface area contributed by atoms with Crippen LogP contribution < -0.4 is 4.90 Å². The van der Waals surface area contributed by atoms with Gasteiger partial charge in [-0.3, -0.25) is 0 Å². The van der Waals surface area contributed by atoms with Crippen LogP contribution in [-0.2, 0) is 5.41 Å². The lowest BCUT2D eigenvalue weighted by Gasteiger charge is -2.31. The van der Waals surface area contributed by atoms with Crippen LogP contribution in [0.3, 0.4) is 0 Å². The van der Waals surface area contributed by atoms with Gasteiger partial charge >= 0.3 is 0 Å². The highest BCUT2D eigenvalue weighted by atomic mass is 15.1. The van der Waals surface area contributed by atoms with Crippen molar-refractivity contribution in [1.29, 1.82) is 0 Å². The van der Waals surface area contributed by atoms with Crippen LogP contribution in [0.15, 0.2) is 231 Å². The van der Waals surface area contributed by atoms with E-state index in [1.165, 1.54) is 82.7 Å². The van der Waals surface area contributed by atoms with Gasteiger partial charge in [0, 0.05) is 22.4 Å². The highest BCUT2D eigenvalue weighted by Gasteiger charge is 2.42. The van der Waals surface area contributed by atoms with E-state index in [0.717, 1.165) is 17.1 Å². The molecule has 0 saturated heterocycles. The minimum absolute atomic E-state index is 0.348. The summed E-state index contributed by atoms with van der Waals surface area (Å²) in [6.07, 6.45) is 0. The minimum atomic E-state index is -0.348. The van der Waals surface area contributed by atoms with Gasteiger partial charge in [-0.05, 0) is 114 Å². The zero-order valence-corrected chi connectivity index (χ0v) is 32.9. The zero-order chi connectivity index (χ0) is 39.3. The Morgan fingerprint density at radius 1 is 0.322 bits per heavy atom. The van der Waals surface area contributed by atoms with E-state index >= 15 is 0 Å². The molecule has 1 aliphatic rings. The molecule has 1 unspecified atom stereocenters. The minimum Gasteiger partial charge on any atom is -0.310 e. The van der Waals surface area contributed by atoms with Crippen LogP contribution >= 0.6 is 0 Å². The van der Waals surface area contributed by atoms with Gasteiger partial charge in [0.05, 0.1) is 5.69 Å². The zero-order valence-electron chi connectivity index (χ0n) is 32.9. The molecule has 0 spiro atoms. The Morgan fingerprint density at radius 2 is 0.763 bits per heavy atom. The van der Waals surface area contributed by atoms with Crippen LogP contribution in [-0.4, -0.2) is 0 Å². The number of fused-ring (bicyclic) bond motifs is 5. The molecule has 0 bridgehead atoms. The molecule has 0 radical (unpaired) electrons. The summed E-state index contributed by atoms with van der Waals surface area (Å²) in [6.45, 7) is 2.40. The highest BCUT2D eigenvalue weighted by Crippen LogP contribution is 2.57. The molecule has 0 amide bonds. The van der Waals surface area contributed by atoms with E-state index < -0.39 is 0 Å². The second-order valence-corrected chi connectivity index (χ2v) is 15.8. The summed E-state index contributed by atoms with van der Waals surface area (Å²) >= 11 is 0. The molecular formula is C58H41N. The lowest BCUT2D eigenvalue weighted by Crippen LogP contribution is -2.22. The van der Waals surface area contributed by atoms with Crippen molar-refractivity contribution in [3.63, 3.8) is 0 Å². The van der Waals surface area contributed by atoms with Crippen LogP contribution in [0.2, 0.25) is 0 Å². The van der Waals surface area contributed by atoms with E-state index in [0.29, 0.717) is 0 Å². The third kappa shape index (κ3) is 5.77. The quantitative estimate of drug-likeness (QED) is 0.157. The molecule has 278 valence electrons. The number of hydrogen-bond acceptors (Lipinski definition) is 1. The summed E-state index contributed by atoms with van der Waals surface area (Å²) in [5.41, 5.74) is 16.8. The van der Waals surface area contributed by atoms with E-state index in [-0.39, 0.29) is 5.41 Å². The molecule has 59 heavy (non-hydrogen) atoms. The van der Waals surface area contributed by atoms with Gasteiger partial charge in [0.25, 0.3) is 0 Å². The van der Waals surface area contributed by atoms with Crippen molar-refractivity contribution < 1.29 is 0 Å². The summed E-state index contributed by atoms with van der Waals surface area (Å²) < 4.78 is 0. The SMILES string of the molecule is CC1(c2ccc(-c3ccccc3)cc2)c2ccccc2-c2c(N(c3ccc(-c4cccc5ccccc45)cc3)c3ccc(-c4cccc5ccccc45)cc3)cccc21. The molecule has 0 heterocycles. The maximum Gasteiger partial charge on any atom is 0.0543 e. The maximum absolute atomic E-state index is 2.46. The topological polar surface area (TPSA) is 3.24 Å². The lowest BCUT2D eigenvalue weighted by atomic mass is 9.74. The summed E-state index contributed by atoms with van der Waals surface area (Å²) in [5, 5.41) is 5.02. The predicted octanol–water partition coefficient (Wildman–Crippen LogP) is 15.8. The Balaban J connectivity index is 1.07. The second kappa shape index (κ2) is 14.2. The fourth-order valence-electron chi connectivity index (χ4n) is 9.61. The Hall–Kier alpha value is -7.48. The Kier molecular flexibility index (Phi) is 8.34. The van der Waals surface area contributed by atoms with Gasteiger partial charge in [0.2, 0.25) is 0 Å². The third-order valence-electron chi connectivity index (χ3n) is 12.6. The molecule has 1 heteroatoms. The molecule has 0 aliphatic heterocycles. The van der Waals surface area contributed by atoms with E-state index in [1.54, 1.807) is 0 Å². The van der Waals surface area contributed by atoms with Gasteiger partial charge in [-0.15, -0.1) is 0 Å². The molecule has 10 aromatic carbocycles. The molecular weight excluding hydrogens is 711 g/mol. The summed E-state index contributed by atoms with van der Waals surface area (Å²) in [7, 11) is 0. The van der Waals surface area contributed by atoms with Crippen molar-refractivity contribution in [2.24, 2.45) is 0 Å². The van der Waals surface area contributed by atoms with Gasteiger partial charge in [0.1, 0.15) is 0 Å². The molecule has 11 rings (SSSR count). The molecule has 10 aromatic rings. The normalized spacial score (nSPS) is 14.3. The number of nitrogens with zero attached hydrogens (tertiary/aromatic N) is 1. The third-order valence-corrected chi connectivity index (χ3v) is 12.6. The Bertz CT molecular complexity index is 3010. The average Bonchev–Trinajstić information content (AvgIpc) is 3.58. The van der Waals surface area contributed by atoms with Crippen LogP contribution in [0.25, 0.3) is 66.1 Å². The smallest absolute Gasteiger partial charge is 0.0543 e. The summed E-state index contributed by atoms with van der Waals surface area (Å²) in [5.74, 6) is 0. The van der Waals surface area contributed by atoms with Crippen LogP contribution in [0.5, 0.6) is 0 Å². The van der Waals surface area contributed by atoms with Crippen molar-refractivity contribution in [3.05, 3.63) is 247 Å². The molecule has 0 N–H and O–H groups in total. The average molecular weight is 752 g/mol. The van der Waals surface area contributed by atoms with E-state index in [4.69, 9.17) is 0 Å². The van der Waals surface area contributed by atoms with Crippen molar-refractivity contribution in [1.82, 2.24) is 0 Å². The van der Waals surface area contributed by atoms with E-state index in [2.05, 4.69) is 242 Å². The fourth-order valence-corrected chi connectivity index (χ4v) is 9.61. The highest BCUT2D eigenvalue weighted by molar-refractivity contribution is 6.00. The first kappa shape index (κ1) is 34.7. The lowest BCUT2D eigenvalue weighted by molar-refractivity contribution is 0.714. The van der Waals surface area contributed by atoms with Crippen molar-refractivity contribution in [2.45, 2.75) is 12.3 Å². The number of rotatable bonds is 7. The Morgan fingerprint density at radius 3 is 1.37 bits per heavy atom. The maximum atomic E-state index is 2.46. The van der Waals surface area contributed by atoms with Gasteiger partial charge in [-0.1, -0.05) is 200 Å². The predicted molar refractivity (Wildman–Crippen MR) is 250 cm³/mol. The number of hydrogen-bond donors (Lipinski definition) is 0. The van der Waals surface area contributed by atoms with Gasteiger partial charge in [-0.2, -0.15) is 0 Å². The molecule has 1 aliphatic carbocycles. The summed E-state index contributed by atoms with van der Waals surface area (Å²) in [4.78, 5) is 2.46. The molecule has 1 atom stereocenters. The molecule has 0 aromatic heterocycles. The number of benzene rings is 10. The van der Waals surface area contributed by atoms with E-state index in [9.17, 15) is 0 Å². The second-order valence-electron chi connectivity index (χ2n) is 15.8. The van der Waals surface area contributed by atoms with Crippen LogP contribution in [0, 0.1) is 0 Å². The van der Waals surface area contributed by atoms with Crippen LogP contribution in [0.4, 0.5) is 17.1 Å². The standard InChI is InChI=1S/C58H41N/c1-58(46-34-28-41(29-35-46)40-14-3-2-4-15-40)54-25-10-9-22-53(54)57-55(58)26-13-27-56(57)59(47-36-30-44(31-37-47)51-23-11-18-42-16-5-7-20-49(42)51)48-38-32-45(33-39-48)52-24-12-19-43-17-6-8-21-50(43)52/h2-39H,1H3.